The summed E-state index contributed by atoms with van der Waals surface area (Å²) in [6.45, 7) is 8.19. The van der Waals surface area contributed by atoms with Crippen molar-refractivity contribution in [3.8, 4) is 11.5 Å². The molecule has 0 radical (unpaired) electrons. The maximum atomic E-state index is 5.13. The van der Waals surface area contributed by atoms with Crippen molar-refractivity contribution in [2.24, 2.45) is 0 Å². The van der Waals surface area contributed by atoms with Gasteiger partial charge in [-0.15, -0.1) is 0 Å². The number of ether oxygens (including phenoxy) is 3. The molecule has 0 aliphatic carbocycles. The van der Waals surface area contributed by atoms with E-state index >= 15 is 0 Å². The summed E-state index contributed by atoms with van der Waals surface area (Å²) >= 11 is 0. The van der Waals surface area contributed by atoms with E-state index in [0.29, 0.717) is 0 Å². The van der Waals surface area contributed by atoms with Crippen molar-refractivity contribution in [2.75, 3.05) is 40.5 Å². The number of nitrogens with one attached hydrogen (secondary N) is 1. The summed E-state index contributed by atoms with van der Waals surface area (Å²) in [4.78, 5) is 0. The molecule has 150 valence electrons. The fourth-order valence-corrected chi connectivity index (χ4v) is 2.24. The van der Waals surface area contributed by atoms with Crippen LogP contribution in [0.15, 0.2) is 48.5 Å². The Hall–Kier alpha value is -2.04. The number of hydrogen-bond acceptors (Lipinski definition) is 4. The lowest BCUT2D eigenvalue weighted by atomic mass is 10.0. The molecule has 1 N–H and O–H groups in total. The van der Waals surface area contributed by atoms with Gasteiger partial charge in [-0.25, -0.2) is 0 Å². The molecule has 0 bridgehead atoms. The summed E-state index contributed by atoms with van der Waals surface area (Å²) in [7, 11) is 3.36. The van der Waals surface area contributed by atoms with Crippen molar-refractivity contribution >= 4 is 0 Å². The summed E-state index contributed by atoms with van der Waals surface area (Å²) < 4.78 is 15.3. The van der Waals surface area contributed by atoms with Crippen LogP contribution >= 0.6 is 0 Å². The zero-order chi connectivity index (χ0) is 19.7. The molecule has 3 rings (SSSR count). The van der Waals surface area contributed by atoms with Crippen molar-refractivity contribution in [1.82, 2.24) is 5.32 Å². The molecule has 1 heterocycles. The van der Waals surface area contributed by atoms with Gasteiger partial charge < -0.3 is 19.5 Å². The molecular formula is C23H35NO3. The summed E-state index contributed by atoms with van der Waals surface area (Å²) in [5.74, 6) is 1.78. The molecule has 0 atom stereocenters. The highest BCUT2D eigenvalue weighted by Gasteiger charge is 1.98. The van der Waals surface area contributed by atoms with Crippen LogP contribution in [-0.4, -0.2) is 40.5 Å². The summed E-state index contributed by atoms with van der Waals surface area (Å²) in [5.41, 5.74) is 2.55. The van der Waals surface area contributed by atoms with E-state index in [9.17, 15) is 0 Å². The quantitative estimate of drug-likeness (QED) is 0.824. The van der Waals surface area contributed by atoms with E-state index in [1.54, 1.807) is 14.2 Å². The molecule has 27 heavy (non-hydrogen) atoms. The second kappa shape index (κ2) is 15.1. The largest absolute Gasteiger partial charge is 0.497 e. The highest BCUT2D eigenvalue weighted by Crippen LogP contribution is 2.17. The molecule has 4 nitrogen and oxygen atoms in total. The van der Waals surface area contributed by atoms with Gasteiger partial charge in [0.05, 0.1) is 27.4 Å². The number of unbranched alkanes of at least 4 members (excludes halogenated alkanes) is 1. The Bertz CT molecular complexity index is 519. The van der Waals surface area contributed by atoms with Crippen molar-refractivity contribution in [3.63, 3.8) is 0 Å². The van der Waals surface area contributed by atoms with Crippen LogP contribution < -0.4 is 14.8 Å². The van der Waals surface area contributed by atoms with Gasteiger partial charge in [0.2, 0.25) is 0 Å². The second-order valence-corrected chi connectivity index (χ2v) is 6.24. The Morgan fingerprint density at radius 2 is 1.15 bits per heavy atom. The zero-order valence-electron chi connectivity index (χ0n) is 17.3. The molecular weight excluding hydrogens is 338 g/mol. The number of hydrogen-bond donors (Lipinski definition) is 1. The minimum atomic E-state index is 0.889. The predicted octanol–water partition coefficient (Wildman–Crippen LogP) is 4.71. The Balaban J connectivity index is 0.000000299. The van der Waals surface area contributed by atoms with Gasteiger partial charge in [-0.3, -0.25) is 0 Å². The molecule has 0 unspecified atom stereocenters. The molecule has 2 aromatic carbocycles. The second-order valence-electron chi connectivity index (χ2n) is 6.24. The topological polar surface area (TPSA) is 39.7 Å². The standard InChI is InChI=1S/C15H16O2.C4H9NO.C4H10/c1-16-14-7-3-12(4-8-14)11-13-5-9-15(17-2)10-6-13;1-3-6-4-2-5-1;1-3-4-2/h3-10H,11H2,1-2H3;5H,1-4H2;3-4H2,1-2H3. The first-order chi connectivity index (χ1) is 13.2. The van der Waals surface area contributed by atoms with Crippen LogP contribution in [0.2, 0.25) is 0 Å². The maximum absolute atomic E-state index is 5.13. The normalized spacial score (nSPS) is 12.7. The van der Waals surface area contributed by atoms with Crippen molar-refractivity contribution in [3.05, 3.63) is 59.7 Å². The number of benzene rings is 2. The van der Waals surface area contributed by atoms with E-state index in [2.05, 4.69) is 43.4 Å². The lowest BCUT2D eigenvalue weighted by Crippen LogP contribution is -2.30. The predicted molar refractivity (Wildman–Crippen MR) is 113 cm³/mol. The van der Waals surface area contributed by atoms with E-state index < -0.39 is 0 Å². The number of rotatable bonds is 5. The van der Waals surface area contributed by atoms with Gasteiger partial charge in [-0.2, -0.15) is 0 Å². The van der Waals surface area contributed by atoms with E-state index in [0.717, 1.165) is 44.2 Å². The molecule has 4 heteroatoms. The summed E-state index contributed by atoms with van der Waals surface area (Å²) in [5, 5.41) is 3.16. The van der Waals surface area contributed by atoms with Crippen LogP contribution in [0.5, 0.6) is 11.5 Å². The Labute approximate surface area is 164 Å². The summed E-state index contributed by atoms with van der Waals surface area (Å²) in [6.07, 6.45) is 3.56. The van der Waals surface area contributed by atoms with Crippen LogP contribution in [0.4, 0.5) is 0 Å². The van der Waals surface area contributed by atoms with Crippen molar-refractivity contribution in [1.29, 1.82) is 0 Å². The monoisotopic (exact) mass is 373 g/mol. The van der Waals surface area contributed by atoms with Gasteiger partial charge in [-0.05, 0) is 41.8 Å². The smallest absolute Gasteiger partial charge is 0.118 e. The van der Waals surface area contributed by atoms with Crippen LogP contribution in [0.25, 0.3) is 0 Å². The third-order valence-electron chi connectivity index (χ3n) is 4.07. The SMILES string of the molecule is C1COCCN1.CCCC.COc1ccc(Cc2ccc(OC)cc2)cc1. The van der Waals surface area contributed by atoms with Gasteiger partial charge in [0, 0.05) is 13.1 Å². The van der Waals surface area contributed by atoms with E-state index in [-0.39, 0.29) is 0 Å². The van der Waals surface area contributed by atoms with E-state index in [4.69, 9.17) is 14.2 Å². The van der Waals surface area contributed by atoms with Crippen LogP contribution in [0.3, 0.4) is 0 Å². The van der Waals surface area contributed by atoms with Crippen molar-refractivity contribution < 1.29 is 14.2 Å². The van der Waals surface area contributed by atoms with Crippen LogP contribution in [-0.2, 0) is 11.2 Å². The molecule has 1 aliphatic rings. The molecule has 2 aromatic rings. The fraction of sp³-hybridized carbons (Fsp3) is 0.478. The highest BCUT2D eigenvalue weighted by molar-refractivity contribution is 5.33. The minimum Gasteiger partial charge on any atom is -0.497 e. The lowest BCUT2D eigenvalue weighted by molar-refractivity contribution is 0.109. The minimum absolute atomic E-state index is 0.889. The third kappa shape index (κ3) is 10.6. The van der Waals surface area contributed by atoms with Gasteiger partial charge in [0.15, 0.2) is 0 Å². The average Bonchev–Trinajstić information content (AvgIpc) is 2.76. The Kier molecular flexibility index (Phi) is 12.8. The number of morpholine rings is 1. The molecule has 1 saturated heterocycles. The summed E-state index contributed by atoms with van der Waals surface area (Å²) in [6, 6.07) is 16.3. The Morgan fingerprint density at radius 3 is 1.37 bits per heavy atom. The van der Waals surface area contributed by atoms with E-state index in [1.807, 2.05) is 24.3 Å². The Morgan fingerprint density at radius 1 is 0.741 bits per heavy atom. The van der Waals surface area contributed by atoms with E-state index in [1.165, 1.54) is 24.0 Å². The van der Waals surface area contributed by atoms with Crippen LogP contribution in [0.1, 0.15) is 37.8 Å². The molecule has 1 aliphatic heterocycles. The van der Waals surface area contributed by atoms with Gasteiger partial charge in [0.1, 0.15) is 11.5 Å². The van der Waals surface area contributed by atoms with Gasteiger partial charge in [-0.1, -0.05) is 51.0 Å². The first kappa shape index (κ1) is 23.0. The number of methoxy groups -OCH3 is 2. The lowest BCUT2D eigenvalue weighted by Gasteiger charge is -2.10. The molecule has 1 fully saturated rings. The van der Waals surface area contributed by atoms with Crippen LogP contribution in [0, 0.1) is 0 Å². The molecule has 0 aromatic heterocycles. The van der Waals surface area contributed by atoms with Gasteiger partial charge >= 0.3 is 0 Å². The first-order valence-corrected chi connectivity index (χ1v) is 9.77. The highest BCUT2D eigenvalue weighted by atomic mass is 16.5. The first-order valence-electron chi connectivity index (χ1n) is 9.77. The van der Waals surface area contributed by atoms with Gasteiger partial charge in [0.25, 0.3) is 0 Å². The molecule has 0 spiro atoms. The third-order valence-corrected chi connectivity index (χ3v) is 4.07. The fourth-order valence-electron chi connectivity index (χ4n) is 2.24. The average molecular weight is 374 g/mol. The maximum Gasteiger partial charge on any atom is 0.118 e. The zero-order valence-corrected chi connectivity index (χ0v) is 17.3. The molecule has 0 saturated carbocycles. The molecule has 0 amide bonds. The van der Waals surface area contributed by atoms with Crippen molar-refractivity contribution in [2.45, 2.75) is 33.1 Å².